The SMILES string of the molecule is COCC(N)C(=O)Nc1ccccc1C.Cl. The van der Waals surface area contributed by atoms with Crippen LogP contribution in [-0.4, -0.2) is 25.7 Å². The van der Waals surface area contributed by atoms with Crippen molar-refractivity contribution in [2.24, 2.45) is 5.73 Å². The Hall–Kier alpha value is -1.10. The van der Waals surface area contributed by atoms with E-state index < -0.39 is 6.04 Å². The summed E-state index contributed by atoms with van der Waals surface area (Å²) in [5.74, 6) is -0.230. The van der Waals surface area contributed by atoms with Gasteiger partial charge >= 0.3 is 0 Å². The Labute approximate surface area is 102 Å². The standard InChI is InChI=1S/C11H16N2O2.ClH/c1-8-5-3-4-6-10(8)13-11(14)9(12)7-15-2;/h3-6,9H,7,12H2,1-2H3,(H,13,14);1H. The summed E-state index contributed by atoms with van der Waals surface area (Å²) in [5.41, 5.74) is 7.38. The molecule has 0 heterocycles. The van der Waals surface area contributed by atoms with Crippen molar-refractivity contribution in [2.75, 3.05) is 19.0 Å². The van der Waals surface area contributed by atoms with E-state index in [1.807, 2.05) is 31.2 Å². The van der Waals surface area contributed by atoms with Crippen LogP contribution >= 0.6 is 12.4 Å². The highest BCUT2D eigenvalue weighted by molar-refractivity contribution is 5.95. The number of amides is 1. The molecule has 5 heteroatoms. The number of carbonyl (C=O) groups is 1. The third-order valence-corrected chi connectivity index (χ3v) is 2.09. The van der Waals surface area contributed by atoms with E-state index in [9.17, 15) is 4.79 Å². The lowest BCUT2D eigenvalue weighted by Crippen LogP contribution is -2.39. The number of aryl methyl sites for hydroxylation is 1. The van der Waals surface area contributed by atoms with Crippen molar-refractivity contribution in [3.63, 3.8) is 0 Å². The molecular formula is C11H17ClN2O2. The molecule has 0 radical (unpaired) electrons. The monoisotopic (exact) mass is 244 g/mol. The molecule has 1 atom stereocenters. The molecule has 1 unspecified atom stereocenters. The van der Waals surface area contributed by atoms with Crippen molar-refractivity contribution < 1.29 is 9.53 Å². The molecule has 0 fully saturated rings. The van der Waals surface area contributed by atoms with E-state index in [2.05, 4.69) is 5.32 Å². The smallest absolute Gasteiger partial charge is 0.243 e. The first-order valence-electron chi connectivity index (χ1n) is 4.76. The number of ether oxygens (including phenoxy) is 1. The summed E-state index contributed by atoms with van der Waals surface area (Å²) in [5, 5.41) is 2.75. The summed E-state index contributed by atoms with van der Waals surface area (Å²) in [7, 11) is 1.51. The lowest BCUT2D eigenvalue weighted by atomic mass is 10.2. The molecular weight excluding hydrogens is 228 g/mol. The van der Waals surface area contributed by atoms with E-state index in [0.717, 1.165) is 11.3 Å². The quantitative estimate of drug-likeness (QED) is 0.840. The highest BCUT2D eigenvalue weighted by Crippen LogP contribution is 2.12. The summed E-state index contributed by atoms with van der Waals surface area (Å²) >= 11 is 0. The minimum atomic E-state index is -0.630. The molecule has 0 saturated heterocycles. The summed E-state index contributed by atoms with van der Waals surface area (Å²) in [6.07, 6.45) is 0. The van der Waals surface area contributed by atoms with Crippen molar-refractivity contribution in [1.29, 1.82) is 0 Å². The van der Waals surface area contributed by atoms with E-state index in [1.165, 1.54) is 7.11 Å². The van der Waals surface area contributed by atoms with Crippen molar-refractivity contribution in [2.45, 2.75) is 13.0 Å². The van der Waals surface area contributed by atoms with Crippen molar-refractivity contribution in [1.82, 2.24) is 0 Å². The van der Waals surface area contributed by atoms with E-state index >= 15 is 0 Å². The Balaban J connectivity index is 0.00000225. The fraction of sp³-hybridized carbons (Fsp3) is 0.364. The van der Waals surface area contributed by atoms with E-state index in [1.54, 1.807) is 0 Å². The molecule has 0 aliphatic heterocycles. The zero-order valence-corrected chi connectivity index (χ0v) is 10.2. The molecule has 1 amide bonds. The molecule has 0 aliphatic carbocycles. The maximum atomic E-state index is 11.5. The van der Waals surface area contributed by atoms with Crippen LogP contribution in [0.3, 0.4) is 0 Å². The number of carbonyl (C=O) groups excluding carboxylic acids is 1. The molecule has 16 heavy (non-hydrogen) atoms. The molecule has 90 valence electrons. The molecule has 0 aliphatic rings. The van der Waals surface area contributed by atoms with Gasteiger partial charge in [-0.05, 0) is 18.6 Å². The predicted molar refractivity (Wildman–Crippen MR) is 66.9 cm³/mol. The number of rotatable bonds is 4. The van der Waals surface area contributed by atoms with Crippen LogP contribution in [0, 0.1) is 6.92 Å². The third-order valence-electron chi connectivity index (χ3n) is 2.09. The third kappa shape index (κ3) is 4.18. The number of hydrogen-bond donors (Lipinski definition) is 2. The molecule has 3 N–H and O–H groups in total. The van der Waals surface area contributed by atoms with Crippen LogP contribution < -0.4 is 11.1 Å². The van der Waals surface area contributed by atoms with Crippen LogP contribution in [0.2, 0.25) is 0 Å². The first-order valence-corrected chi connectivity index (χ1v) is 4.76. The maximum absolute atomic E-state index is 11.5. The first kappa shape index (κ1) is 14.9. The largest absolute Gasteiger partial charge is 0.383 e. The number of nitrogens with one attached hydrogen (secondary N) is 1. The number of para-hydroxylation sites is 1. The van der Waals surface area contributed by atoms with Gasteiger partial charge in [-0.2, -0.15) is 0 Å². The summed E-state index contributed by atoms with van der Waals surface area (Å²) in [4.78, 5) is 11.5. The van der Waals surface area contributed by atoms with Crippen molar-refractivity contribution in [3.05, 3.63) is 29.8 Å². The van der Waals surface area contributed by atoms with Gasteiger partial charge in [-0.15, -0.1) is 12.4 Å². The number of benzene rings is 1. The number of hydrogen-bond acceptors (Lipinski definition) is 3. The molecule has 4 nitrogen and oxygen atoms in total. The molecule has 1 aromatic carbocycles. The minimum absolute atomic E-state index is 0. The van der Waals surface area contributed by atoms with Gasteiger partial charge in [0.1, 0.15) is 6.04 Å². The fourth-order valence-electron chi connectivity index (χ4n) is 1.19. The highest BCUT2D eigenvalue weighted by atomic mass is 35.5. The highest BCUT2D eigenvalue weighted by Gasteiger charge is 2.13. The van der Waals surface area contributed by atoms with Gasteiger partial charge in [0.2, 0.25) is 5.91 Å². The predicted octanol–water partition coefficient (Wildman–Crippen LogP) is 1.33. The number of anilines is 1. The van der Waals surface area contributed by atoms with Gasteiger partial charge in [0, 0.05) is 12.8 Å². The van der Waals surface area contributed by atoms with Crippen LogP contribution in [0.25, 0.3) is 0 Å². The Kier molecular flexibility index (Phi) is 6.72. The number of nitrogens with two attached hydrogens (primary N) is 1. The van der Waals surface area contributed by atoms with Gasteiger partial charge in [0.05, 0.1) is 6.61 Å². The normalized spacial score (nSPS) is 11.4. The fourth-order valence-corrected chi connectivity index (χ4v) is 1.19. The van der Waals surface area contributed by atoms with Crippen LogP contribution in [0.1, 0.15) is 5.56 Å². The maximum Gasteiger partial charge on any atom is 0.243 e. The summed E-state index contributed by atoms with van der Waals surface area (Å²) in [6, 6.07) is 6.92. The zero-order valence-electron chi connectivity index (χ0n) is 9.40. The Bertz CT molecular complexity index is 345. The van der Waals surface area contributed by atoms with Gasteiger partial charge in [-0.3, -0.25) is 4.79 Å². The lowest BCUT2D eigenvalue weighted by Gasteiger charge is -2.12. The minimum Gasteiger partial charge on any atom is -0.383 e. The molecule has 0 bridgehead atoms. The van der Waals surface area contributed by atoms with Crippen molar-refractivity contribution >= 4 is 24.0 Å². The molecule has 0 aromatic heterocycles. The Morgan fingerprint density at radius 1 is 1.50 bits per heavy atom. The Morgan fingerprint density at radius 2 is 2.12 bits per heavy atom. The van der Waals surface area contributed by atoms with Crippen LogP contribution in [0.15, 0.2) is 24.3 Å². The molecule has 1 rings (SSSR count). The van der Waals surface area contributed by atoms with Crippen molar-refractivity contribution in [3.8, 4) is 0 Å². The average Bonchev–Trinajstić information content (AvgIpc) is 2.21. The van der Waals surface area contributed by atoms with Gasteiger partial charge in [-0.25, -0.2) is 0 Å². The van der Waals surface area contributed by atoms with E-state index in [-0.39, 0.29) is 24.9 Å². The van der Waals surface area contributed by atoms with Gasteiger partial charge in [0.15, 0.2) is 0 Å². The molecule has 1 aromatic rings. The summed E-state index contributed by atoms with van der Waals surface area (Å²) in [6.45, 7) is 2.15. The topological polar surface area (TPSA) is 64.3 Å². The van der Waals surface area contributed by atoms with Gasteiger partial charge in [0.25, 0.3) is 0 Å². The van der Waals surface area contributed by atoms with E-state index in [4.69, 9.17) is 10.5 Å². The first-order chi connectivity index (χ1) is 7.15. The van der Waals surface area contributed by atoms with Crippen LogP contribution in [-0.2, 0) is 9.53 Å². The Morgan fingerprint density at radius 3 is 2.69 bits per heavy atom. The second kappa shape index (κ2) is 7.22. The number of halogens is 1. The second-order valence-electron chi connectivity index (χ2n) is 3.37. The van der Waals surface area contributed by atoms with Gasteiger partial charge in [-0.1, -0.05) is 18.2 Å². The molecule has 0 spiro atoms. The summed E-state index contributed by atoms with van der Waals surface area (Å²) < 4.78 is 4.81. The zero-order chi connectivity index (χ0) is 11.3. The van der Waals surface area contributed by atoms with Crippen LogP contribution in [0.5, 0.6) is 0 Å². The van der Waals surface area contributed by atoms with E-state index in [0.29, 0.717) is 0 Å². The average molecular weight is 245 g/mol. The number of methoxy groups -OCH3 is 1. The lowest BCUT2D eigenvalue weighted by molar-refractivity contribution is -0.118. The van der Waals surface area contributed by atoms with Crippen LogP contribution in [0.4, 0.5) is 5.69 Å². The second-order valence-corrected chi connectivity index (χ2v) is 3.37. The van der Waals surface area contributed by atoms with Gasteiger partial charge < -0.3 is 15.8 Å². The molecule has 0 saturated carbocycles.